The molecule has 138 valence electrons. The number of aryl methyl sites for hydroxylation is 1. The minimum absolute atomic E-state index is 0.118. The minimum Gasteiger partial charge on any atom is -0.350 e. The van der Waals surface area contributed by atoms with Crippen molar-refractivity contribution < 1.29 is 9.72 Å². The first-order valence-electron chi connectivity index (χ1n) is 8.07. The molecule has 0 aliphatic heterocycles. The highest BCUT2D eigenvalue weighted by molar-refractivity contribution is 5.94. The van der Waals surface area contributed by atoms with Crippen LogP contribution in [0.4, 0.5) is 5.69 Å². The van der Waals surface area contributed by atoms with Crippen LogP contribution in [0.15, 0.2) is 53.6 Å². The zero-order valence-electron chi connectivity index (χ0n) is 14.4. The van der Waals surface area contributed by atoms with E-state index in [2.05, 4.69) is 15.5 Å². The predicted octanol–water partition coefficient (Wildman–Crippen LogP) is 1.08. The first-order chi connectivity index (χ1) is 13.0. The fourth-order valence-electron chi connectivity index (χ4n) is 2.45. The molecule has 0 aliphatic rings. The van der Waals surface area contributed by atoms with E-state index < -0.39 is 10.8 Å². The molecular weight excluding hydrogens is 352 g/mol. The molecule has 2 aromatic heterocycles. The summed E-state index contributed by atoms with van der Waals surface area (Å²) < 4.78 is 2.73. The number of hydrogen-bond donors (Lipinski definition) is 1. The Bertz CT molecular complexity index is 1040. The number of rotatable bonds is 6. The van der Waals surface area contributed by atoms with E-state index >= 15 is 0 Å². The summed E-state index contributed by atoms with van der Waals surface area (Å²) in [6.45, 7) is 1.88. The second-order valence-corrected chi connectivity index (χ2v) is 5.72. The van der Waals surface area contributed by atoms with Gasteiger partial charge in [0.1, 0.15) is 0 Å². The van der Waals surface area contributed by atoms with Crippen LogP contribution in [0.5, 0.6) is 0 Å². The highest BCUT2D eigenvalue weighted by atomic mass is 16.6. The van der Waals surface area contributed by atoms with Gasteiger partial charge in [-0.05, 0) is 25.1 Å². The monoisotopic (exact) mass is 368 g/mol. The van der Waals surface area contributed by atoms with Gasteiger partial charge in [0.25, 0.3) is 17.2 Å². The Labute approximate surface area is 153 Å². The first-order valence-corrected chi connectivity index (χ1v) is 8.07. The van der Waals surface area contributed by atoms with Crippen LogP contribution in [-0.2, 0) is 6.54 Å². The Balaban J connectivity index is 1.67. The van der Waals surface area contributed by atoms with Crippen molar-refractivity contribution in [2.24, 2.45) is 0 Å². The average molecular weight is 368 g/mol. The number of nitro benzene ring substituents is 1. The molecule has 0 aliphatic carbocycles. The lowest BCUT2D eigenvalue weighted by molar-refractivity contribution is -0.385. The SMILES string of the molecule is Cc1ccc(C(=O)NCCn2nc(-n3cccn3)ccc2=O)cc1[N+](=O)[O-]. The summed E-state index contributed by atoms with van der Waals surface area (Å²) in [6, 6.07) is 8.92. The van der Waals surface area contributed by atoms with Gasteiger partial charge in [-0.1, -0.05) is 6.07 Å². The summed E-state index contributed by atoms with van der Waals surface area (Å²) >= 11 is 0. The fourth-order valence-corrected chi connectivity index (χ4v) is 2.45. The number of nitrogens with one attached hydrogen (secondary N) is 1. The second-order valence-electron chi connectivity index (χ2n) is 5.72. The number of carbonyl (C=O) groups is 1. The lowest BCUT2D eigenvalue weighted by atomic mass is 10.1. The number of aromatic nitrogens is 4. The van der Waals surface area contributed by atoms with Gasteiger partial charge in [-0.3, -0.25) is 19.7 Å². The van der Waals surface area contributed by atoms with Gasteiger partial charge in [-0.2, -0.15) is 5.10 Å². The molecule has 0 radical (unpaired) electrons. The van der Waals surface area contributed by atoms with E-state index in [1.807, 2.05) is 0 Å². The molecule has 1 aromatic carbocycles. The summed E-state index contributed by atoms with van der Waals surface area (Å²) in [5, 5.41) is 21.9. The Kier molecular flexibility index (Phi) is 5.06. The largest absolute Gasteiger partial charge is 0.350 e. The molecule has 10 nitrogen and oxygen atoms in total. The van der Waals surface area contributed by atoms with Gasteiger partial charge in [0.2, 0.25) is 0 Å². The smallest absolute Gasteiger partial charge is 0.273 e. The van der Waals surface area contributed by atoms with Gasteiger partial charge in [0.05, 0.1) is 11.5 Å². The predicted molar refractivity (Wildman–Crippen MR) is 95.8 cm³/mol. The van der Waals surface area contributed by atoms with Crippen LogP contribution in [0.25, 0.3) is 5.82 Å². The van der Waals surface area contributed by atoms with E-state index in [1.165, 1.54) is 33.6 Å². The lowest BCUT2D eigenvalue weighted by Gasteiger charge is -2.09. The highest BCUT2D eigenvalue weighted by Crippen LogP contribution is 2.19. The van der Waals surface area contributed by atoms with Gasteiger partial charge in [0.15, 0.2) is 5.82 Å². The maximum Gasteiger partial charge on any atom is 0.273 e. The lowest BCUT2D eigenvalue weighted by Crippen LogP contribution is -2.32. The summed E-state index contributed by atoms with van der Waals surface area (Å²) in [7, 11) is 0. The van der Waals surface area contributed by atoms with Crippen LogP contribution in [0, 0.1) is 17.0 Å². The van der Waals surface area contributed by atoms with Gasteiger partial charge in [0, 0.05) is 42.2 Å². The Hall–Kier alpha value is -3.82. The minimum atomic E-state index is -0.531. The van der Waals surface area contributed by atoms with Crippen LogP contribution in [-0.4, -0.2) is 36.9 Å². The molecule has 1 amide bonds. The van der Waals surface area contributed by atoms with E-state index in [1.54, 1.807) is 31.5 Å². The topological polar surface area (TPSA) is 125 Å². The van der Waals surface area contributed by atoms with Crippen molar-refractivity contribution in [2.75, 3.05) is 6.54 Å². The van der Waals surface area contributed by atoms with Crippen molar-refractivity contribution in [3.05, 3.63) is 80.4 Å². The first kappa shape index (κ1) is 18.0. The molecule has 0 atom stereocenters. The van der Waals surface area contributed by atoms with Crippen molar-refractivity contribution in [3.8, 4) is 5.82 Å². The normalized spacial score (nSPS) is 10.6. The van der Waals surface area contributed by atoms with Crippen LogP contribution in [0.1, 0.15) is 15.9 Å². The molecule has 2 heterocycles. The van der Waals surface area contributed by atoms with Gasteiger partial charge >= 0.3 is 0 Å². The van der Waals surface area contributed by atoms with E-state index in [0.717, 1.165) is 0 Å². The van der Waals surface area contributed by atoms with Crippen LogP contribution in [0.2, 0.25) is 0 Å². The number of hydrogen-bond acceptors (Lipinski definition) is 6. The Morgan fingerprint density at radius 3 is 2.81 bits per heavy atom. The molecule has 0 bridgehead atoms. The summed E-state index contributed by atoms with van der Waals surface area (Å²) in [6.07, 6.45) is 3.29. The number of benzene rings is 1. The zero-order valence-corrected chi connectivity index (χ0v) is 14.4. The zero-order chi connectivity index (χ0) is 19.4. The maximum atomic E-state index is 12.2. The number of nitrogens with zero attached hydrogens (tertiary/aromatic N) is 5. The number of amides is 1. The van der Waals surface area contributed by atoms with E-state index in [4.69, 9.17) is 0 Å². The van der Waals surface area contributed by atoms with Crippen molar-refractivity contribution in [2.45, 2.75) is 13.5 Å². The summed E-state index contributed by atoms with van der Waals surface area (Å²) in [5.74, 6) is 0.00876. The summed E-state index contributed by atoms with van der Waals surface area (Å²) in [4.78, 5) is 34.6. The number of carbonyl (C=O) groups excluding carboxylic acids is 1. The van der Waals surface area contributed by atoms with Gasteiger partial charge < -0.3 is 5.32 Å². The van der Waals surface area contributed by atoms with E-state index in [-0.39, 0.29) is 29.9 Å². The molecule has 3 rings (SSSR count). The van der Waals surface area contributed by atoms with Crippen LogP contribution >= 0.6 is 0 Å². The highest BCUT2D eigenvalue weighted by Gasteiger charge is 2.14. The maximum absolute atomic E-state index is 12.2. The van der Waals surface area contributed by atoms with Crippen LogP contribution in [0.3, 0.4) is 0 Å². The molecule has 3 aromatic rings. The summed E-state index contributed by atoms with van der Waals surface area (Å²) in [5.41, 5.74) is 0.222. The van der Waals surface area contributed by atoms with Crippen LogP contribution < -0.4 is 10.9 Å². The molecule has 1 N–H and O–H groups in total. The molecule has 0 spiro atoms. The van der Waals surface area contributed by atoms with E-state index in [9.17, 15) is 19.7 Å². The Morgan fingerprint density at radius 2 is 2.11 bits per heavy atom. The average Bonchev–Trinajstić information content (AvgIpc) is 3.18. The third-order valence-corrected chi connectivity index (χ3v) is 3.87. The van der Waals surface area contributed by atoms with Gasteiger partial charge in [-0.25, -0.2) is 9.36 Å². The molecule has 27 heavy (non-hydrogen) atoms. The molecule has 10 heteroatoms. The molecule has 0 unspecified atom stereocenters. The Morgan fingerprint density at radius 1 is 1.30 bits per heavy atom. The third-order valence-electron chi connectivity index (χ3n) is 3.87. The molecular formula is C17H16N6O4. The fraction of sp³-hybridized carbons (Fsp3) is 0.176. The van der Waals surface area contributed by atoms with Crippen molar-refractivity contribution in [1.82, 2.24) is 24.9 Å². The van der Waals surface area contributed by atoms with Crippen molar-refractivity contribution in [3.63, 3.8) is 0 Å². The van der Waals surface area contributed by atoms with Crippen molar-refractivity contribution in [1.29, 1.82) is 0 Å². The second kappa shape index (κ2) is 7.60. The molecule has 0 saturated carbocycles. The molecule has 0 saturated heterocycles. The third kappa shape index (κ3) is 4.06. The van der Waals surface area contributed by atoms with Crippen molar-refractivity contribution >= 4 is 11.6 Å². The quantitative estimate of drug-likeness (QED) is 0.513. The number of nitro groups is 1. The molecule has 0 fully saturated rings. The van der Waals surface area contributed by atoms with Gasteiger partial charge in [-0.15, -0.1) is 5.10 Å². The van der Waals surface area contributed by atoms with E-state index in [0.29, 0.717) is 11.4 Å². The standard InChI is InChI=1S/C17H16N6O4/c1-12-3-4-13(11-14(12)23(26)27)17(25)18-8-10-22-16(24)6-5-15(20-22)21-9-2-7-19-21/h2-7,9,11H,8,10H2,1H3,(H,18,25).